The van der Waals surface area contributed by atoms with Crippen LogP contribution in [0.25, 0.3) is 0 Å². The Hall–Kier alpha value is -1.23. The van der Waals surface area contributed by atoms with Gasteiger partial charge in [0.2, 0.25) is 0 Å². The molecule has 1 fully saturated rings. The Balaban J connectivity index is 2.14. The number of hydrogen-bond acceptors (Lipinski definition) is 4. The summed E-state index contributed by atoms with van der Waals surface area (Å²) in [7, 11) is 0. The van der Waals surface area contributed by atoms with Gasteiger partial charge in [0.1, 0.15) is 11.4 Å². The molecule has 0 saturated carbocycles. The van der Waals surface area contributed by atoms with Gasteiger partial charge < -0.3 is 10.4 Å². The molecular formula is C13H18N2O2S. The largest absolute Gasteiger partial charge is 0.478 e. The average molecular weight is 266 g/mol. The minimum absolute atomic E-state index is 0.196. The predicted molar refractivity (Wildman–Crippen MR) is 74.5 cm³/mol. The van der Waals surface area contributed by atoms with Gasteiger partial charge in [-0.15, -0.1) is 0 Å². The maximum atomic E-state index is 11.2. The molecule has 0 aromatic carbocycles. The highest BCUT2D eigenvalue weighted by molar-refractivity contribution is 8.00. The van der Waals surface area contributed by atoms with Crippen molar-refractivity contribution in [2.75, 3.05) is 17.6 Å². The van der Waals surface area contributed by atoms with Gasteiger partial charge in [0.05, 0.1) is 0 Å². The van der Waals surface area contributed by atoms with Crippen LogP contribution < -0.4 is 5.32 Å². The summed E-state index contributed by atoms with van der Waals surface area (Å²) in [6.07, 6.45) is 4.04. The zero-order valence-electron chi connectivity index (χ0n) is 10.7. The van der Waals surface area contributed by atoms with Gasteiger partial charge >= 0.3 is 5.97 Å². The fourth-order valence-corrected chi connectivity index (χ4v) is 3.45. The molecule has 1 aliphatic heterocycles. The molecule has 0 aliphatic carbocycles. The molecule has 1 saturated heterocycles. The summed E-state index contributed by atoms with van der Waals surface area (Å²) in [6.45, 7) is 4.77. The van der Waals surface area contributed by atoms with E-state index in [0.29, 0.717) is 5.82 Å². The van der Waals surface area contributed by atoms with E-state index >= 15 is 0 Å². The second-order valence-corrected chi connectivity index (χ2v) is 6.59. The highest BCUT2D eigenvalue weighted by Crippen LogP contribution is 2.37. The Kier molecular flexibility index (Phi) is 3.80. The van der Waals surface area contributed by atoms with Gasteiger partial charge in [-0.25, -0.2) is 9.78 Å². The van der Waals surface area contributed by atoms with E-state index in [-0.39, 0.29) is 10.3 Å². The topological polar surface area (TPSA) is 62.2 Å². The van der Waals surface area contributed by atoms with Crippen LogP contribution in [0.15, 0.2) is 12.3 Å². The SMILES string of the molecule is Cc1ccnc(NCC2(C)CCCS2)c1C(=O)O. The smallest absolute Gasteiger partial charge is 0.339 e. The number of nitrogens with zero attached hydrogens (tertiary/aromatic N) is 1. The third-order valence-electron chi connectivity index (χ3n) is 3.30. The number of anilines is 1. The van der Waals surface area contributed by atoms with Crippen LogP contribution in [-0.4, -0.2) is 33.1 Å². The number of rotatable bonds is 4. The van der Waals surface area contributed by atoms with Crippen LogP contribution in [0, 0.1) is 6.92 Å². The number of aromatic nitrogens is 1. The molecule has 1 aliphatic rings. The molecule has 1 atom stereocenters. The van der Waals surface area contributed by atoms with Crippen molar-refractivity contribution >= 4 is 23.5 Å². The Morgan fingerprint density at radius 3 is 3.06 bits per heavy atom. The number of carboxylic acid groups (broad SMARTS) is 1. The van der Waals surface area contributed by atoms with Crippen LogP contribution >= 0.6 is 11.8 Å². The Bertz CT molecular complexity index is 456. The van der Waals surface area contributed by atoms with Crippen molar-refractivity contribution in [1.29, 1.82) is 0 Å². The van der Waals surface area contributed by atoms with E-state index < -0.39 is 5.97 Å². The number of carbonyl (C=O) groups is 1. The van der Waals surface area contributed by atoms with Crippen LogP contribution in [0.1, 0.15) is 35.7 Å². The van der Waals surface area contributed by atoms with Crippen molar-refractivity contribution in [2.24, 2.45) is 0 Å². The van der Waals surface area contributed by atoms with Crippen LogP contribution in [0.3, 0.4) is 0 Å². The van der Waals surface area contributed by atoms with Crippen LogP contribution in [0.2, 0.25) is 0 Å². The van der Waals surface area contributed by atoms with Gasteiger partial charge in [-0.1, -0.05) is 0 Å². The van der Waals surface area contributed by atoms with E-state index in [9.17, 15) is 9.90 Å². The first-order chi connectivity index (χ1) is 8.52. The quantitative estimate of drug-likeness (QED) is 0.877. The lowest BCUT2D eigenvalue weighted by molar-refractivity contribution is 0.0697. The van der Waals surface area contributed by atoms with Gasteiger partial charge in [0.25, 0.3) is 0 Å². The lowest BCUT2D eigenvalue weighted by Gasteiger charge is -2.23. The summed E-state index contributed by atoms with van der Waals surface area (Å²) >= 11 is 1.94. The highest BCUT2D eigenvalue weighted by Gasteiger charge is 2.29. The number of aromatic carboxylic acids is 1. The summed E-state index contributed by atoms with van der Waals surface area (Å²) in [5, 5.41) is 12.4. The fraction of sp³-hybridized carbons (Fsp3) is 0.538. The summed E-state index contributed by atoms with van der Waals surface area (Å²) in [4.78, 5) is 15.4. The molecule has 1 aromatic heterocycles. The summed E-state index contributed by atoms with van der Waals surface area (Å²) in [5.74, 6) is 0.745. The van der Waals surface area contributed by atoms with Gasteiger partial charge in [0.15, 0.2) is 0 Å². The molecule has 98 valence electrons. The first-order valence-corrected chi connectivity index (χ1v) is 7.07. The van der Waals surface area contributed by atoms with E-state index in [1.54, 1.807) is 19.2 Å². The molecule has 2 rings (SSSR count). The fourth-order valence-electron chi connectivity index (χ4n) is 2.21. The molecule has 5 heteroatoms. The van der Waals surface area contributed by atoms with Crippen molar-refractivity contribution < 1.29 is 9.90 Å². The molecule has 0 radical (unpaired) electrons. The lowest BCUT2D eigenvalue weighted by atomic mass is 10.1. The third kappa shape index (κ3) is 2.77. The minimum Gasteiger partial charge on any atom is -0.478 e. The molecule has 0 amide bonds. The number of nitrogens with one attached hydrogen (secondary N) is 1. The zero-order chi connectivity index (χ0) is 13.2. The minimum atomic E-state index is -0.924. The van der Waals surface area contributed by atoms with Crippen molar-refractivity contribution in [3.05, 3.63) is 23.4 Å². The van der Waals surface area contributed by atoms with E-state index in [1.807, 2.05) is 11.8 Å². The number of carboxylic acids is 1. The maximum Gasteiger partial charge on any atom is 0.339 e. The second kappa shape index (κ2) is 5.18. The summed E-state index contributed by atoms with van der Waals surface area (Å²) in [6, 6.07) is 1.72. The molecule has 2 N–H and O–H groups in total. The molecule has 0 spiro atoms. The van der Waals surface area contributed by atoms with Gasteiger partial charge in [-0.2, -0.15) is 11.8 Å². The van der Waals surface area contributed by atoms with Crippen molar-refractivity contribution in [3.63, 3.8) is 0 Å². The normalized spacial score (nSPS) is 23.0. The second-order valence-electron chi connectivity index (χ2n) is 4.91. The van der Waals surface area contributed by atoms with Crippen LogP contribution in [-0.2, 0) is 0 Å². The van der Waals surface area contributed by atoms with Crippen molar-refractivity contribution in [2.45, 2.75) is 31.4 Å². The maximum absolute atomic E-state index is 11.2. The summed E-state index contributed by atoms with van der Waals surface area (Å²) in [5.41, 5.74) is 1.02. The van der Waals surface area contributed by atoms with E-state index in [4.69, 9.17) is 0 Å². The standard InChI is InChI=1S/C13H18N2O2S/c1-9-4-6-14-11(10(9)12(16)17)15-8-13(2)5-3-7-18-13/h4,6H,3,5,7-8H2,1-2H3,(H,14,15)(H,16,17). The Morgan fingerprint density at radius 1 is 1.67 bits per heavy atom. The van der Waals surface area contributed by atoms with E-state index in [1.165, 1.54) is 18.6 Å². The Labute approximate surface area is 111 Å². The molecule has 1 unspecified atom stereocenters. The van der Waals surface area contributed by atoms with Gasteiger partial charge in [-0.3, -0.25) is 0 Å². The molecule has 0 bridgehead atoms. The summed E-state index contributed by atoms with van der Waals surface area (Å²) < 4.78 is 0.196. The average Bonchev–Trinajstić information content (AvgIpc) is 2.73. The van der Waals surface area contributed by atoms with Crippen molar-refractivity contribution in [1.82, 2.24) is 4.98 Å². The molecular weight excluding hydrogens is 248 g/mol. The van der Waals surface area contributed by atoms with E-state index in [2.05, 4.69) is 17.2 Å². The predicted octanol–water partition coefficient (Wildman–Crippen LogP) is 2.79. The number of pyridine rings is 1. The van der Waals surface area contributed by atoms with Crippen LogP contribution in [0.4, 0.5) is 5.82 Å². The third-order valence-corrected chi connectivity index (χ3v) is 4.84. The Morgan fingerprint density at radius 2 is 2.44 bits per heavy atom. The van der Waals surface area contributed by atoms with E-state index in [0.717, 1.165) is 12.1 Å². The molecule has 2 heterocycles. The first-order valence-electron chi connectivity index (χ1n) is 6.09. The van der Waals surface area contributed by atoms with Crippen LogP contribution in [0.5, 0.6) is 0 Å². The van der Waals surface area contributed by atoms with Gasteiger partial charge in [-0.05, 0) is 44.1 Å². The molecule has 4 nitrogen and oxygen atoms in total. The highest BCUT2D eigenvalue weighted by atomic mass is 32.2. The molecule has 1 aromatic rings. The number of aryl methyl sites for hydroxylation is 1. The molecule has 18 heavy (non-hydrogen) atoms. The monoisotopic (exact) mass is 266 g/mol. The van der Waals surface area contributed by atoms with Gasteiger partial charge in [0, 0.05) is 17.5 Å². The number of hydrogen-bond donors (Lipinski definition) is 2. The van der Waals surface area contributed by atoms with Crippen molar-refractivity contribution in [3.8, 4) is 0 Å². The number of thioether (sulfide) groups is 1. The lowest BCUT2D eigenvalue weighted by Crippen LogP contribution is -2.28. The zero-order valence-corrected chi connectivity index (χ0v) is 11.5. The first kappa shape index (κ1) is 13.2.